The Morgan fingerprint density at radius 3 is 3.04 bits per heavy atom. The molecule has 0 amide bonds. The van der Waals surface area contributed by atoms with Crippen LogP contribution in [0, 0.1) is 12.8 Å². The van der Waals surface area contributed by atoms with Crippen LogP contribution in [0.2, 0.25) is 5.02 Å². The summed E-state index contributed by atoms with van der Waals surface area (Å²) in [5, 5.41) is 10.4. The molecule has 3 N–H and O–H groups in total. The molecule has 0 spiro atoms. The molecule has 5 nitrogen and oxygen atoms in total. The first kappa shape index (κ1) is 17.3. The number of benzene rings is 1. The highest BCUT2D eigenvalue weighted by Gasteiger charge is 2.24. The average molecular weight is 351 g/mol. The quantitative estimate of drug-likeness (QED) is 0.836. The van der Waals surface area contributed by atoms with Gasteiger partial charge in [0.15, 0.2) is 12.2 Å². The molecule has 1 heterocycles. The van der Waals surface area contributed by atoms with Gasteiger partial charge < -0.3 is 20.0 Å². The lowest BCUT2D eigenvalue weighted by atomic mass is 9.81. The molecule has 1 aromatic carbocycles. The highest BCUT2D eigenvalue weighted by atomic mass is 35.5. The molecule has 0 fully saturated rings. The minimum atomic E-state index is -0.417. The molecule has 0 aliphatic heterocycles. The Hall–Kier alpha value is -1.56. The highest BCUT2D eigenvalue weighted by Crippen LogP contribution is 2.38. The molecule has 0 saturated carbocycles. The second kappa shape index (κ2) is 7.55. The van der Waals surface area contributed by atoms with Crippen molar-refractivity contribution in [3.63, 3.8) is 0 Å². The summed E-state index contributed by atoms with van der Waals surface area (Å²) in [4.78, 5) is 4.05. The fraction of sp³-hybridized carbons (Fsp3) is 0.500. The second-order valence-electron chi connectivity index (χ2n) is 6.40. The predicted molar refractivity (Wildman–Crippen MR) is 92.2 cm³/mol. The number of aliphatic hydroxyl groups is 1. The van der Waals surface area contributed by atoms with Crippen LogP contribution in [0.4, 0.5) is 0 Å². The van der Waals surface area contributed by atoms with Crippen LogP contribution in [0.5, 0.6) is 5.75 Å². The number of hydrogen-bond acceptors (Lipinski definition) is 5. The van der Waals surface area contributed by atoms with E-state index < -0.39 is 6.10 Å². The zero-order valence-corrected chi connectivity index (χ0v) is 14.6. The van der Waals surface area contributed by atoms with Crippen LogP contribution in [-0.2, 0) is 19.4 Å². The van der Waals surface area contributed by atoms with Gasteiger partial charge in [-0.2, -0.15) is 0 Å². The van der Waals surface area contributed by atoms with E-state index in [1.54, 1.807) is 0 Å². The van der Waals surface area contributed by atoms with Gasteiger partial charge in [0.1, 0.15) is 12.4 Å². The minimum Gasteiger partial charge on any atom is -0.484 e. The number of rotatable bonds is 6. The SMILES string of the molecule is Cc1ncoc1COc1ccc2c(c1Cl)CCC(C[C@@H](O)CN)C2. The van der Waals surface area contributed by atoms with Crippen molar-refractivity contribution in [1.82, 2.24) is 4.98 Å². The minimum absolute atomic E-state index is 0.315. The van der Waals surface area contributed by atoms with Crippen molar-refractivity contribution in [2.45, 2.75) is 45.3 Å². The number of nitrogens with two attached hydrogens (primary N) is 1. The van der Waals surface area contributed by atoms with Crippen LogP contribution in [0.25, 0.3) is 0 Å². The molecule has 1 aromatic heterocycles. The number of hydrogen-bond donors (Lipinski definition) is 2. The second-order valence-corrected chi connectivity index (χ2v) is 6.78. The molecule has 2 atom stereocenters. The van der Waals surface area contributed by atoms with E-state index in [-0.39, 0.29) is 0 Å². The van der Waals surface area contributed by atoms with E-state index in [1.165, 1.54) is 12.0 Å². The van der Waals surface area contributed by atoms with Crippen LogP contribution in [0.1, 0.15) is 35.4 Å². The van der Waals surface area contributed by atoms with Crippen LogP contribution in [-0.4, -0.2) is 22.7 Å². The number of aromatic nitrogens is 1. The fourth-order valence-corrected chi connectivity index (χ4v) is 3.60. The summed E-state index contributed by atoms with van der Waals surface area (Å²) in [5.41, 5.74) is 8.73. The first-order chi connectivity index (χ1) is 11.6. The van der Waals surface area contributed by atoms with Gasteiger partial charge in [-0.15, -0.1) is 0 Å². The molecule has 3 rings (SSSR count). The molecular weight excluding hydrogens is 328 g/mol. The maximum atomic E-state index is 9.75. The molecule has 0 radical (unpaired) electrons. The summed E-state index contributed by atoms with van der Waals surface area (Å²) in [7, 11) is 0. The topological polar surface area (TPSA) is 81.5 Å². The summed E-state index contributed by atoms with van der Waals surface area (Å²) in [6.45, 7) is 2.51. The van der Waals surface area contributed by atoms with Crippen LogP contribution in [0.15, 0.2) is 22.9 Å². The van der Waals surface area contributed by atoms with Gasteiger partial charge in [-0.25, -0.2) is 4.98 Å². The van der Waals surface area contributed by atoms with Crippen molar-refractivity contribution in [2.24, 2.45) is 11.7 Å². The monoisotopic (exact) mass is 350 g/mol. The molecule has 24 heavy (non-hydrogen) atoms. The standard InChI is InChI=1S/C18H23ClN2O3/c1-11-17(24-10-21-11)9-23-16-5-3-13-6-12(7-14(22)8-20)2-4-15(13)18(16)19/h3,5,10,12,14,22H,2,4,6-9,20H2,1H3/t12?,14-/m1/s1. The maximum Gasteiger partial charge on any atom is 0.181 e. The summed E-state index contributed by atoms with van der Waals surface area (Å²) in [5.74, 6) is 1.84. The van der Waals surface area contributed by atoms with Crippen molar-refractivity contribution in [3.8, 4) is 5.75 Å². The lowest BCUT2D eigenvalue weighted by molar-refractivity contribution is 0.145. The maximum absolute atomic E-state index is 9.75. The van der Waals surface area contributed by atoms with Gasteiger partial charge in [0.2, 0.25) is 0 Å². The Kier molecular flexibility index (Phi) is 5.43. The summed E-state index contributed by atoms with van der Waals surface area (Å²) < 4.78 is 11.1. The Morgan fingerprint density at radius 2 is 2.33 bits per heavy atom. The van der Waals surface area contributed by atoms with Crippen molar-refractivity contribution in [3.05, 3.63) is 46.1 Å². The number of oxazole rings is 1. The Labute approximate surface area is 146 Å². The Bertz CT molecular complexity index is 702. The molecule has 6 heteroatoms. The Morgan fingerprint density at radius 1 is 1.50 bits per heavy atom. The zero-order valence-electron chi connectivity index (χ0n) is 13.8. The lowest BCUT2D eigenvalue weighted by Gasteiger charge is -2.27. The van der Waals surface area contributed by atoms with Gasteiger partial charge in [0.25, 0.3) is 0 Å². The number of nitrogens with zero attached hydrogens (tertiary/aromatic N) is 1. The first-order valence-electron chi connectivity index (χ1n) is 8.28. The summed E-state index contributed by atoms with van der Waals surface area (Å²) in [6, 6.07) is 3.99. The number of aryl methyl sites for hydroxylation is 1. The normalized spacial score (nSPS) is 18.2. The van der Waals surface area contributed by atoms with E-state index in [0.29, 0.717) is 35.6 Å². The van der Waals surface area contributed by atoms with Gasteiger partial charge in [0, 0.05) is 6.54 Å². The highest BCUT2D eigenvalue weighted by molar-refractivity contribution is 6.33. The molecule has 1 unspecified atom stereocenters. The van der Waals surface area contributed by atoms with E-state index in [0.717, 1.165) is 36.9 Å². The predicted octanol–water partition coefficient (Wildman–Crippen LogP) is 3.03. The lowest BCUT2D eigenvalue weighted by Crippen LogP contribution is -2.26. The summed E-state index contributed by atoms with van der Waals surface area (Å²) in [6.07, 6.45) is 4.57. The van der Waals surface area contributed by atoms with Gasteiger partial charge in [-0.1, -0.05) is 17.7 Å². The van der Waals surface area contributed by atoms with Gasteiger partial charge in [-0.3, -0.25) is 0 Å². The Balaban J connectivity index is 1.69. The van der Waals surface area contributed by atoms with Gasteiger partial charge >= 0.3 is 0 Å². The average Bonchev–Trinajstić information content (AvgIpc) is 2.99. The van der Waals surface area contributed by atoms with Crippen LogP contribution < -0.4 is 10.5 Å². The third kappa shape index (κ3) is 3.74. The number of aliphatic hydroxyl groups excluding tert-OH is 1. The molecule has 1 aliphatic carbocycles. The van der Waals surface area contributed by atoms with Crippen molar-refractivity contribution in [1.29, 1.82) is 0 Å². The third-order valence-electron chi connectivity index (χ3n) is 4.70. The van der Waals surface area contributed by atoms with Crippen LogP contribution >= 0.6 is 11.6 Å². The van der Waals surface area contributed by atoms with E-state index in [1.807, 2.05) is 13.0 Å². The number of ether oxygens (including phenoxy) is 1. The number of fused-ring (bicyclic) bond motifs is 1. The van der Waals surface area contributed by atoms with Crippen molar-refractivity contribution >= 4 is 11.6 Å². The number of halogens is 1. The van der Waals surface area contributed by atoms with E-state index >= 15 is 0 Å². The molecule has 1 aliphatic rings. The van der Waals surface area contributed by atoms with E-state index in [2.05, 4.69) is 11.1 Å². The van der Waals surface area contributed by atoms with Gasteiger partial charge in [0.05, 0.1) is 16.8 Å². The van der Waals surface area contributed by atoms with Crippen LogP contribution in [0.3, 0.4) is 0 Å². The first-order valence-corrected chi connectivity index (χ1v) is 8.66. The van der Waals surface area contributed by atoms with Crippen molar-refractivity contribution in [2.75, 3.05) is 6.54 Å². The molecule has 0 bridgehead atoms. The molecule has 2 aromatic rings. The zero-order chi connectivity index (χ0) is 17.1. The molecular formula is C18H23ClN2O3. The molecule has 0 saturated heterocycles. The largest absolute Gasteiger partial charge is 0.484 e. The van der Waals surface area contributed by atoms with Gasteiger partial charge in [-0.05, 0) is 55.7 Å². The smallest absolute Gasteiger partial charge is 0.181 e. The summed E-state index contributed by atoms with van der Waals surface area (Å²) >= 11 is 6.55. The third-order valence-corrected chi connectivity index (χ3v) is 5.11. The fourth-order valence-electron chi connectivity index (χ4n) is 3.26. The van der Waals surface area contributed by atoms with E-state index in [9.17, 15) is 5.11 Å². The van der Waals surface area contributed by atoms with Crippen molar-refractivity contribution < 1.29 is 14.3 Å². The van der Waals surface area contributed by atoms with E-state index in [4.69, 9.17) is 26.5 Å². The molecule has 130 valence electrons.